The minimum Gasteiger partial charge on any atom is -0.336 e. The van der Waals surface area contributed by atoms with Crippen molar-refractivity contribution in [2.45, 2.75) is 13.0 Å². The summed E-state index contributed by atoms with van der Waals surface area (Å²) >= 11 is 5.97. The van der Waals surface area contributed by atoms with Gasteiger partial charge >= 0.3 is 0 Å². The standard InChI is InChI=1S/C22H16ClN5O5/c23-13-3-1-12(2-4-13)20-17-10-26(8-7-18(17)24-25-20)19(29)11-27-21(30)15-6-5-14(28(32)33)9-16(15)22(27)31/h1-6,9H,7-8,10-11H2,(H,24,25). The molecular formula is C22H16ClN5O5. The molecular weight excluding hydrogens is 450 g/mol. The smallest absolute Gasteiger partial charge is 0.270 e. The van der Waals surface area contributed by atoms with Gasteiger partial charge in [0.2, 0.25) is 5.91 Å². The fourth-order valence-corrected chi connectivity index (χ4v) is 4.25. The Kier molecular flexibility index (Phi) is 4.94. The van der Waals surface area contributed by atoms with E-state index >= 15 is 0 Å². The van der Waals surface area contributed by atoms with E-state index in [1.165, 1.54) is 12.1 Å². The minimum atomic E-state index is -0.713. The van der Waals surface area contributed by atoms with Crippen LogP contribution >= 0.6 is 11.6 Å². The monoisotopic (exact) mass is 465 g/mol. The molecule has 2 aliphatic heterocycles. The first-order valence-corrected chi connectivity index (χ1v) is 10.5. The maximum atomic E-state index is 13.0. The molecule has 2 aromatic carbocycles. The quantitative estimate of drug-likeness (QED) is 0.358. The van der Waals surface area contributed by atoms with Crippen LogP contribution in [0.25, 0.3) is 11.3 Å². The van der Waals surface area contributed by atoms with Crippen molar-refractivity contribution in [1.29, 1.82) is 0 Å². The predicted molar refractivity (Wildman–Crippen MR) is 117 cm³/mol. The number of hydrogen-bond acceptors (Lipinski definition) is 6. The van der Waals surface area contributed by atoms with Crippen molar-refractivity contribution in [2.75, 3.05) is 13.1 Å². The second-order valence-corrected chi connectivity index (χ2v) is 8.22. The molecule has 1 aromatic heterocycles. The second kappa shape index (κ2) is 7.82. The zero-order valence-corrected chi connectivity index (χ0v) is 17.8. The van der Waals surface area contributed by atoms with E-state index in [2.05, 4.69) is 10.2 Å². The molecule has 10 nitrogen and oxygen atoms in total. The van der Waals surface area contributed by atoms with Gasteiger partial charge in [0.1, 0.15) is 6.54 Å². The van der Waals surface area contributed by atoms with Gasteiger partial charge in [0, 0.05) is 53.5 Å². The lowest BCUT2D eigenvalue weighted by Crippen LogP contribution is -2.44. The van der Waals surface area contributed by atoms with Gasteiger partial charge in [-0.2, -0.15) is 5.10 Å². The highest BCUT2D eigenvalue weighted by Gasteiger charge is 2.39. The Bertz CT molecular complexity index is 1330. The van der Waals surface area contributed by atoms with E-state index in [0.29, 0.717) is 23.7 Å². The van der Waals surface area contributed by atoms with Crippen LogP contribution < -0.4 is 0 Å². The molecule has 0 radical (unpaired) electrons. The van der Waals surface area contributed by atoms with Crippen LogP contribution in [0.2, 0.25) is 5.02 Å². The van der Waals surface area contributed by atoms with Gasteiger partial charge < -0.3 is 4.90 Å². The topological polar surface area (TPSA) is 130 Å². The molecule has 0 saturated heterocycles. The molecule has 11 heteroatoms. The molecule has 166 valence electrons. The van der Waals surface area contributed by atoms with Gasteiger partial charge in [-0.05, 0) is 18.2 Å². The van der Waals surface area contributed by atoms with E-state index in [4.69, 9.17) is 11.6 Å². The number of nitrogens with one attached hydrogen (secondary N) is 1. The lowest BCUT2D eigenvalue weighted by atomic mass is 10.0. The van der Waals surface area contributed by atoms with E-state index < -0.39 is 29.2 Å². The van der Waals surface area contributed by atoms with Crippen molar-refractivity contribution in [3.63, 3.8) is 0 Å². The van der Waals surface area contributed by atoms with Gasteiger partial charge in [0.05, 0.1) is 21.7 Å². The number of nitro benzene ring substituents is 1. The van der Waals surface area contributed by atoms with Crippen LogP contribution in [0.5, 0.6) is 0 Å². The number of aromatic amines is 1. The molecule has 0 spiro atoms. The normalized spacial score (nSPS) is 14.9. The Morgan fingerprint density at radius 3 is 2.58 bits per heavy atom. The molecule has 3 aromatic rings. The number of nitrogens with zero attached hydrogens (tertiary/aromatic N) is 4. The number of hydrogen-bond donors (Lipinski definition) is 1. The highest BCUT2D eigenvalue weighted by molar-refractivity contribution is 6.30. The number of carbonyl (C=O) groups is 3. The molecule has 5 rings (SSSR count). The summed E-state index contributed by atoms with van der Waals surface area (Å²) in [5.74, 6) is -1.75. The van der Waals surface area contributed by atoms with Crippen LogP contribution in [0.1, 0.15) is 32.0 Å². The van der Waals surface area contributed by atoms with Gasteiger partial charge in [-0.15, -0.1) is 0 Å². The number of non-ortho nitro benzene ring substituents is 1. The number of imide groups is 1. The van der Waals surface area contributed by atoms with E-state index in [0.717, 1.165) is 27.8 Å². The van der Waals surface area contributed by atoms with Gasteiger partial charge in [0.25, 0.3) is 17.5 Å². The van der Waals surface area contributed by atoms with Crippen LogP contribution in [0, 0.1) is 10.1 Å². The highest BCUT2D eigenvalue weighted by Crippen LogP contribution is 2.30. The van der Waals surface area contributed by atoms with Crippen molar-refractivity contribution in [3.8, 4) is 11.3 Å². The van der Waals surface area contributed by atoms with Gasteiger partial charge in [-0.1, -0.05) is 23.7 Å². The Morgan fingerprint density at radius 1 is 1.12 bits per heavy atom. The molecule has 0 atom stereocenters. The molecule has 0 fully saturated rings. The molecule has 33 heavy (non-hydrogen) atoms. The molecule has 0 aliphatic carbocycles. The van der Waals surface area contributed by atoms with E-state index in [1.807, 2.05) is 12.1 Å². The zero-order valence-electron chi connectivity index (χ0n) is 17.1. The summed E-state index contributed by atoms with van der Waals surface area (Å²) in [4.78, 5) is 51.2. The lowest BCUT2D eigenvalue weighted by Gasteiger charge is -2.28. The lowest BCUT2D eigenvalue weighted by molar-refractivity contribution is -0.384. The fourth-order valence-electron chi connectivity index (χ4n) is 4.13. The third-order valence-corrected chi connectivity index (χ3v) is 6.11. The molecule has 2 aliphatic rings. The number of benzene rings is 2. The van der Waals surface area contributed by atoms with Crippen molar-refractivity contribution in [2.24, 2.45) is 0 Å². The predicted octanol–water partition coefficient (Wildman–Crippen LogP) is 2.82. The highest BCUT2D eigenvalue weighted by atomic mass is 35.5. The maximum Gasteiger partial charge on any atom is 0.270 e. The number of halogens is 1. The van der Waals surface area contributed by atoms with Crippen LogP contribution in [-0.4, -0.2) is 55.7 Å². The summed E-state index contributed by atoms with van der Waals surface area (Å²) < 4.78 is 0. The van der Waals surface area contributed by atoms with Crippen LogP contribution in [-0.2, 0) is 17.8 Å². The Balaban J connectivity index is 1.34. The van der Waals surface area contributed by atoms with Gasteiger partial charge in [-0.25, -0.2) is 0 Å². The first-order valence-electron chi connectivity index (χ1n) is 10.1. The molecule has 0 unspecified atom stereocenters. The van der Waals surface area contributed by atoms with Crippen LogP contribution in [0.4, 0.5) is 5.69 Å². The molecule has 0 bridgehead atoms. The summed E-state index contributed by atoms with van der Waals surface area (Å²) in [5.41, 5.74) is 3.07. The van der Waals surface area contributed by atoms with E-state index in [9.17, 15) is 24.5 Å². The van der Waals surface area contributed by atoms with E-state index in [1.54, 1.807) is 17.0 Å². The number of fused-ring (bicyclic) bond motifs is 2. The summed E-state index contributed by atoms with van der Waals surface area (Å²) in [6.07, 6.45) is 0.552. The summed E-state index contributed by atoms with van der Waals surface area (Å²) in [5, 5.41) is 19.0. The zero-order chi connectivity index (χ0) is 23.3. The van der Waals surface area contributed by atoms with Crippen molar-refractivity contribution >= 4 is 35.0 Å². The molecule has 3 amide bonds. The van der Waals surface area contributed by atoms with Crippen molar-refractivity contribution in [1.82, 2.24) is 20.0 Å². The molecule has 3 heterocycles. The van der Waals surface area contributed by atoms with Gasteiger partial charge in [0.15, 0.2) is 0 Å². The number of rotatable bonds is 4. The summed E-state index contributed by atoms with van der Waals surface area (Å²) in [7, 11) is 0. The first kappa shape index (κ1) is 20.8. The molecule has 1 N–H and O–H groups in total. The average molecular weight is 466 g/mol. The largest absolute Gasteiger partial charge is 0.336 e. The SMILES string of the molecule is O=C(CN1C(=O)c2ccc([N+](=O)[O-])cc2C1=O)N1CCc2[nH]nc(-c3ccc(Cl)cc3)c2C1. The summed E-state index contributed by atoms with van der Waals surface area (Å²) in [6, 6.07) is 10.7. The Morgan fingerprint density at radius 2 is 1.85 bits per heavy atom. The second-order valence-electron chi connectivity index (χ2n) is 7.78. The molecule has 0 saturated carbocycles. The number of nitro groups is 1. The summed E-state index contributed by atoms with van der Waals surface area (Å²) in [6.45, 7) is 0.240. The fraction of sp³-hybridized carbons (Fsp3) is 0.182. The third kappa shape index (κ3) is 3.54. The number of amides is 3. The van der Waals surface area contributed by atoms with Crippen LogP contribution in [0.15, 0.2) is 42.5 Å². The maximum absolute atomic E-state index is 13.0. The number of aromatic nitrogens is 2. The first-order chi connectivity index (χ1) is 15.8. The Labute approximate surface area is 191 Å². The minimum absolute atomic E-state index is 0.0548. The third-order valence-electron chi connectivity index (χ3n) is 5.86. The average Bonchev–Trinajstić information content (AvgIpc) is 3.34. The number of H-pyrrole nitrogens is 1. The number of carbonyl (C=O) groups excluding carboxylic acids is 3. The van der Waals surface area contributed by atoms with Crippen molar-refractivity contribution < 1.29 is 19.3 Å². The van der Waals surface area contributed by atoms with E-state index in [-0.39, 0.29) is 23.4 Å². The Hall–Kier alpha value is -4.05. The van der Waals surface area contributed by atoms with Gasteiger partial charge in [-0.3, -0.25) is 34.5 Å². The van der Waals surface area contributed by atoms with Crippen molar-refractivity contribution in [3.05, 3.63) is 80.0 Å². The van der Waals surface area contributed by atoms with Crippen LogP contribution in [0.3, 0.4) is 0 Å².